The lowest BCUT2D eigenvalue weighted by Gasteiger charge is -2.26. The average Bonchev–Trinajstić information content (AvgIpc) is 3.01. The first-order valence-corrected chi connectivity index (χ1v) is 7.49. The highest BCUT2D eigenvalue weighted by Gasteiger charge is 2.33. The Bertz CT molecular complexity index is 1120. The van der Waals surface area contributed by atoms with E-state index in [0.717, 1.165) is 5.56 Å². The number of nitriles is 1. The second-order valence-electron chi connectivity index (χ2n) is 5.58. The fraction of sp³-hybridized carbons (Fsp3) is 0.111. The van der Waals surface area contributed by atoms with Gasteiger partial charge in [0.25, 0.3) is 0 Å². The van der Waals surface area contributed by atoms with Gasteiger partial charge in [-0.3, -0.25) is 4.98 Å². The van der Waals surface area contributed by atoms with Gasteiger partial charge in [0.05, 0.1) is 18.5 Å². The third-order valence-corrected chi connectivity index (χ3v) is 4.20. The fourth-order valence-electron chi connectivity index (χ4n) is 3.09. The van der Waals surface area contributed by atoms with E-state index in [4.69, 9.17) is 19.6 Å². The van der Waals surface area contributed by atoms with Gasteiger partial charge in [-0.05, 0) is 23.8 Å². The monoisotopic (exact) mass is 335 g/mol. The average molecular weight is 335 g/mol. The highest BCUT2D eigenvalue weighted by Crippen LogP contribution is 2.45. The fourth-order valence-corrected chi connectivity index (χ4v) is 3.09. The van der Waals surface area contributed by atoms with Gasteiger partial charge >= 0.3 is 5.76 Å². The van der Waals surface area contributed by atoms with Gasteiger partial charge in [0.2, 0.25) is 5.88 Å². The van der Waals surface area contributed by atoms with Crippen LogP contribution in [0.1, 0.15) is 17.0 Å². The highest BCUT2D eigenvalue weighted by molar-refractivity contribution is 5.82. The summed E-state index contributed by atoms with van der Waals surface area (Å²) in [6, 6.07) is 13.0. The molecule has 0 aliphatic carbocycles. The molecule has 1 unspecified atom stereocenters. The number of benzene rings is 2. The van der Waals surface area contributed by atoms with Gasteiger partial charge in [-0.1, -0.05) is 18.2 Å². The summed E-state index contributed by atoms with van der Waals surface area (Å²) < 4.78 is 16.1. The molecule has 3 aromatic rings. The number of hydrogen-bond donors (Lipinski definition) is 2. The van der Waals surface area contributed by atoms with E-state index in [0.29, 0.717) is 22.6 Å². The van der Waals surface area contributed by atoms with E-state index in [-0.39, 0.29) is 17.0 Å². The molecule has 3 N–H and O–H groups in total. The molecule has 0 fully saturated rings. The number of H-pyrrole nitrogens is 1. The van der Waals surface area contributed by atoms with Crippen molar-refractivity contribution in [2.75, 3.05) is 7.11 Å². The number of nitrogens with zero attached hydrogens (tertiary/aromatic N) is 1. The van der Waals surface area contributed by atoms with Crippen LogP contribution in [-0.2, 0) is 0 Å². The first kappa shape index (κ1) is 14.9. The molecule has 2 aromatic carbocycles. The first-order valence-electron chi connectivity index (χ1n) is 7.49. The number of nitrogens with one attached hydrogen (secondary N) is 1. The molecule has 7 nitrogen and oxygen atoms in total. The zero-order chi connectivity index (χ0) is 17.6. The summed E-state index contributed by atoms with van der Waals surface area (Å²) in [5.41, 5.74) is 8.55. The number of ether oxygens (including phenoxy) is 2. The largest absolute Gasteiger partial charge is 0.497 e. The normalized spacial score (nSPS) is 16.2. The van der Waals surface area contributed by atoms with Crippen molar-refractivity contribution in [1.29, 1.82) is 5.26 Å². The van der Waals surface area contributed by atoms with Crippen molar-refractivity contribution < 1.29 is 13.9 Å². The van der Waals surface area contributed by atoms with Crippen molar-refractivity contribution in [1.82, 2.24) is 4.98 Å². The quantitative estimate of drug-likeness (QED) is 0.743. The standard InChI is InChI=1S/C18H13N3O4/c1-23-10-4-2-3-9(7-10)14-11-5-6-13-16(25-18(22)21-13)15(11)24-17(20)12(14)8-19/h2-7,14H,20H2,1H3,(H,21,22). The SMILES string of the molecule is COc1cccc(C2C(C#N)=C(N)Oc3c2ccc2[nH]c(=O)oc32)c1. The van der Waals surface area contributed by atoms with E-state index < -0.39 is 11.7 Å². The lowest BCUT2D eigenvalue weighted by Crippen LogP contribution is -2.21. The molecule has 1 aromatic heterocycles. The molecule has 0 radical (unpaired) electrons. The smallest absolute Gasteiger partial charge is 0.417 e. The van der Waals surface area contributed by atoms with Crippen LogP contribution in [0.4, 0.5) is 0 Å². The Morgan fingerprint density at radius 1 is 1.32 bits per heavy atom. The van der Waals surface area contributed by atoms with Crippen LogP contribution in [0.25, 0.3) is 11.1 Å². The van der Waals surface area contributed by atoms with Crippen molar-refractivity contribution in [2.45, 2.75) is 5.92 Å². The lowest BCUT2D eigenvalue weighted by molar-refractivity contribution is 0.387. The molecule has 0 saturated carbocycles. The van der Waals surface area contributed by atoms with E-state index in [9.17, 15) is 10.1 Å². The number of nitrogens with two attached hydrogens (primary N) is 1. The predicted octanol–water partition coefficient (Wildman–Crippen LogP) is 2.35. The Morgan fingerprint density at radius 3 is 2.92 bits per heavy atom. The number of fused-ring (bicyclic) bond motifs is 3. The first-order chi connectivity index (χ1) is 12.1. The number of aromatic amines is 1. The molecule has 1 aliphatic rings. The topological polar surface area (TPSA) is 114 Å². The van der Waals surface area contributed by atoms with E-state index in [1.807, 2.05) is 24.3 Å². The molecule has 0 saturated heterocycles. The Labute approximate surface area is 141 Å². The van der Waals surface area contributed by atoms with E-state index in [1.165, 1.54) is 0 Å². The van der Waals surface area contributed by atoms with Crippen molar-refractivity contribution in [2.24, 2.45) is 5.73 Å². The molecule has 0 bridgehead atoms. The summed E-state index contributed by atoms with van der Waals surface area (Å²) in [5.74, 6) is -0.0537. The van der Waals surface area contributed by atoms with Crippen molar-refractivity contribution in [3.63, 3.8) is 0 Å². The molecule has 2 heterocycles. The van der Waals surface area contributed by atoms with Crippen molar-refractivity contribution in [3.05, 3.63) is 69.5 Å². The minimum absolute atomic E-state index is 0.0147. The van der Waals surface area contributed by atoms with Gasteiger partial charge in [-0.2, -0.15) is 5.26 Å². The van der Waals surface area contributed by atoms with Crippen LogP contribution in [-0.4, -0.2) is 12.1 Å². The number of allylic oxidation sites excluding steroid dienone is 1. The van der Waals surface area contributed by atoms with Gasteiger partial charge < -0.3 is 19.6 Å². The van der Waals surface area contributed by atoms with Gasteiger partial charge in [-0.25, -0.2) is 4.79 Å². The Hall–Kier alpha value is -3.66. The number of hydrogen-bond acceptors (Lipinski definition) is 6. The van der Waals surface area contributed by atoms with E-state index in [2.05, 4.69) is 11.1 Å². The summed E-state index contributed by atoms with van der Waals surface area (Å²) in [5, 5.41) is 9.58. The number of methoxy groups -OCH3 is 1. The Morgan fingerprint density at radius 2 is 2.16 bits per heavy atom. The molecule has 4 rings (SSSR count). The molecule has 1 atom stereocenters. The predicted molar refractivity (Wildman–Crippen MR) is 89.1 cm³/mol. The third-order valence-electron chi connectivity index (χ3n) is 4.20. The maximum atomic E-state index is 11.5. The summed E-state index contributed by atoms with van der Waals surface area (Å²) in [6.45, 7) is 0. The molecule has 0 spiro atoms. The molecule has 7 heteroatoms. The minimum Gasteiger partial charge on any atom is -0.497 e. The van der Waals surface area contributed by atoms with Crippen molar-refractivity contribution >= 4 is 11.1 Å². The second kappa shape index (κ2) is 5.46. The van der Waals surface area contributed by atoms with Crippen molar-refractivity contribution in [3.8, 4) is 17.6 Å². The third kappa shape index (κ3) is 2.23. The molecular formula is C18H13N3O4. The Kier molecular flexibility index (Phi) is 3.25. The van der Waals surface area contributed by atoms with Crippen LogP contribution in [0.3, 0.4) is 0 Å². The molecule has 1 aliphatic heterocycles. The Balaban J connectivity index is 2.01. The zero-order valence-corrected chi connectivity index (χ0v) is 13.2. The maximum Gasteiger partial charge on any atom is 0.417 e. The molecule has 0 amide bonds. The second-order valence-corrected chi connectivity index (χ2v) is 5.58. The summed E-state index contributed by atoms with van der Waals surface area (Å²) in [6.07, 6.45) is 0. The molecular weight excluding hydrogens is 322 g/mol. The van der Waals surface area contributed by atoms with Crippen LogP contribution in [0.5, 0.6) is 11.5 Å². The maximum absolute atomic E-state index is 11.5. The van der Waals surface area contributed by atoms with E-state index >= 15 is 0 Å². The van der Waals surface area contributed by atoms with Crippen LogP contribution in [0.2, 0.25) is 0 Å². The molecule has 124 valence electrons. The molecule has 25 heavy (non-hydrogen) atoms. The van der Waals surface area contributed by atoms with Crippen LogP contribution < -0.4 is 21.0 Å². The van der Waals surface area contributed by atoms with Gasteiger partial charge in [0.1, 0.15) is 17.4 Å². The van der Waals surface area contributed by atoms with Crippen LogP contribution in [0.15, 0.2) is 57.1 Å². The summed E-state index contributed by atoms with van der Waals surface area (Å²) in [7, 11) is 1.57. The van der Waals surface area contributed by atoms with Gasteiger partial charge in [0, 0.05) is 5.56 Å². The number of oxazole rings is 1. The van der Waals surface area contributed by atoms with Crippen LogP contribution >= 0.6 is 0 Å². The highest BCUT2D eigenvalue weighted by atomic mass is 16.5. The van der Waals surface area contributed by atoms with Crippen LogP contribution in [0, 0.1) is 11.3 Å². The van der Waals surface area contributed by atoms with Gasteiger partial charge in [0.15, 0.2) is 11.3 Å². The van der Waals surface area contributed by atoms with Gasteiger partial charge in [-0.15, -0.1) is 0 Å². The zero-order valence-electron chi connectivity index (χ0n) is 13.2. The summed E-state index contributed by atoms with van der Waals surface area (Å²) in [4.78, 5) is 14.1. The van der Waals surface area contributed by atoms with E-state index in [1.54, 1.807) is 19.2 Å². The summed E-state index contributed by atoms with van der Waals surface area (Å²) >= 11 is 0. The number of aromatic nitrogens is 1. The minimum atomic E-state index is -0.585. The lowest BCUT2D eigenvalue weighted by atomic mass is 9.83. The number of rotatable bonds is 2.